The number of aliphatic hydroxyl groups is 1. The fourth-order valence-corrected chi connectivity index (χ4v) is 6.09. The highest BCUT2D eigenvalue weighted by Gasteiger charge is 2.13. The van der Waals surface area contributed by atoms with Crippen LogP contribution in [0.2, 0.25) is 0 Å². The molecule has 0 saturated carbocycles. The predicted octanol–water partition coefficient (Wildman–Crippen LogP) is 0.904. The molecule has 0 amide bonds. The minimum atomic E-state index is -0.0752. The van der Waals surface area contributed by atoms with Crippen LogP contribution in [0.5, 0.6) is 0 Å². The van der Waals surface area contributed by atoms with Crippen LogP contribution in [0.1, 0.15) is 19.3 Å². The predicted molar refractivity (Wildman–Crippen MR) is 285 cm³/mol. The maximum Gasteiger partial charge on any atom is 0.157 e. The molecule has 26 nitrogen and oxygen atoms in total. The molecule has 0 radical (unpaired) electrons. The lowest BCUT2D eigenvalue weighted by Crippen LogP contribution is -2.24. The van der Waals surface area contributed by atoms with E-state index in [1.54, 1.807) is 0 Å². The second-order valence-electron chi connectivity index (χ2n) is 16.5. The van der Waals surface area contributed by atoms with E-state index in [0.717, 1.165) is 25.9 Å². The maximum atomic E-state index is 8.61. The Morgan fingerprint density at radius 3 is 0.494 bits per heavy atom. The first-order valence-corrected chi connectivity index (χ1v) is 28.6. The van der Waals surface area contributed by atoms with Gasteiger partial charge >= 0.3 is 0 Å². The maximum absolute atomic E-state index is 8.61. The van der Waals surface area contributed by atoms with Gasteiger partial charge < -0.3 is 124 Å². The zero-order valence-corrected chi connectivity index (χ0v) is 48.0. The summed E-state index contributed by atoms with van der Waals surface area (Å²) < 4.78 is 137. The summed E-state index contributed by atoms with van der Waals surface area (Å²) >= 11 is 0. The molecule has 1 N–H and O–H groups in total. The minimum Gasteiger partial charge on any atom is -0.394 e. The fraction of sp³-hybridized carbons (Fsp3) is 1.00. The summed E-state index contributed by atoms with van der Waals surface area (Å²) in [5.74, 6) is 0. The van der Waals surface area contributed by atoms with Crippen molar-refractivity contribution in [2.24, 2.45) is 0 Å². The lowest BCUT2D eigenvalue weighted by molar-refractivity contribution is -0.169. The van der Waals surface area contributed by atoms with Crippen molar-refractivity contribution < 1.29 is 124 Å². The van der Waals surface area contributed by atoms with Crippen LogP contribution in [0.4, 0.5) is 0 Å². The quantitative estimate of drug-likeness (QED) is 0.0831. The average molecular weight is 1160 g/mol. The molecular formula is C53H106O26. The smallest absolute Gasteiger partial charge is 0.157 e. The molecule has 0 bridgehead atoms. The number of rotatable bonds is 72. The summed E-state index contributed by atoms with van der Waals surface area (Å²) in [6, 6.07) is 0. The fourth-order valence-electron chi connectivity index (χ4n) is 6.09. The van der Waals surface area contributed by atoms with E-state index in [9.17, 15) is 0 Å². The van der Waals surface area contributed by atoms with E-state index in [2.05, 4.69) is 0 Å². The first-order valence-electron chi connectivity index (χ1n) is 28.6. The molecule has 1 unspecified atom stereocenters. The summed E-state index contributed by atoms with van der Waals surface area (Å²) in [5.41, 5.74) is 0. The van der Waals surface area contributed by atoms with Crippen molar-refractivity contribution in [3.63, 3.8) is 0 Å². The van der Waals surface area contributed by atoms with Crippen molar-refractivity contribution >= 4 is 0 Å². The van der Waals surface area contributed by atoms with Crippen molar-refractivity contribution in [1.82, 2.24) is 0 Å². The zero-order valence-electron chi connectivity index (χ0n) is 48.0. The number of hydrogen-bond acceptors (Lipinski definition) is 26. The van der Waals surface area contributed by atoms with Gasteiger partial charge in [-0.1, -0.05) is 0 Å². The second-order valence-corrected chi connectivity index (χ2v) is 16.5. The van der Waals surface area contributed by atoms with Gasteiger partial charge in [-0.25, -0.2) is 0 Å². The van der Waals surface area contributed by atoms with Crippen LogP contribution in [0, 0.1) is 0 Å². The molecular weight excluding hydrogens is 1050 g/mol. The standard InChI is InChI=1S/C53H106O26/c54-4-6-55-7-8-56-9-10-57-11-12-58-13-14-59-15-16-60-17-18-61-19-20-62-21-22-63-23-24-64-25-26-65-27-28-66-29-30-67-31-32-68-33-34-69-35-36-70-37-38-71-39-40-72-41-42-73-43-44-74-45-46-75-47-48-76-49-50-77-51-52-79-53-3-1-2-5-78-53/h53-54H,1-52H2. The minimum absolute atomic E-state index is 0.0182. The van der Waals surface area contributed by atoms with Gasteiger partial charge in [0.25, 0.3) is 0 Å². The first-order chi connectivity index (χ1) is 39.4. The highest BCUT2D eigenvalue weighted by atomic mass is 16.7. The van der Waals surface area contributed by atoms with Crippen LogP contribution in [0.3, 0.4) is 0 Å². The van der Waals surface area contributed by atoms with Crippen LogP contribution < -0.4 is 0 Å². The third-order valence-corrected chi connectivity index (χ3v) is 10.1. The Balaban J connectivity index is 1.58. The Morgan fingerprint density at radius 2 is 0.354 bits per heavy atom. The Morgan fingerprint density at radius 1 is 0.203 bits per heavy atom. The summed E-state index contributed by atoms with van der Waals surface area (Å²) in [6.45, 7) is 23.9. The second kappa shape index (κ2) is 71.2. The molecule has 26 heteroatoms. The SMILES string of the molecule is OCCOCCOCCOCCOCCOCCOCCOCCOCCOCCOCCOCCOCCOCCOCCOCCOCCOCCOCCOCCOCCOCCOCCOCCOC1CCCCO1. The van der Waals surface area contributed by atoms with Crippen LogP contribution >= 0.6 is 0 Å². The third-order valence-electron chi connectivity index (χ3n) is 10.1. The lowest BCUT2D eigenvalue weighted by atomic mass is 10.2. The van der Waals surface area contributed by atoms with Gasteiger partial charge in [-0.05, 0) is 19.3 Å². The highest BCUT2D eigenvalue weighted by Crippen LogP contribution is 2.13. The van der Waals surface area contributed by atoms with Crippen LogP contribution in [0.15, 0.2) is 0 Å². The molecule has 0 aromatic carbocycles. The van der Waals surface area contributed by atoms with E-state index in [1.165, 1.54) is 0 Å². The Bertz CT molecular complexity index is 1080. The Kier molecular flexibility index (Phi) is 68.5. The summed E-state index contributed by atoms with van der Waals surface area (Å²) in [6.07, 6.45) is 3.16. The van der Waals surface area contributed by atoms with E-state index >= 15 is 0 Å². The van der Waals surface area contributed by atoms with Crippen molar-refractivity contribution in [2.75, 3.05) is 324 Å². The van der Waals surface area contributed by atoms with Crippen molar-refractivity contribution in [3.05, 3.63) is 0 Å². The molecule has 1 atom stereocenters. The van der Waals surface area contributed by atoms with E-state index in [0.29, 0.717) is 311 Å². The summed E-state index contributed by atoms with van der Waals surface area (Å²) in [7, 11) is 0. The van der Waals surface area contributed by atoms with Crippen LogP contribution in [-0.2, 0) is 118 Å². The van der Waals surface area contributed by atoms with Gasteiger partial charge in [-0.2, -0.15) is 0 Å². The normalized spacial score (nSPS) is 13.9. The molecule has 1 aliphatic rings. The van der Waals surface area contributed by atoms with Crippen molar-refractivity contribution in [1.29, 1.82) is 0 Å². The zero-order chi connectivity index (χ0) is 56.0. The molecule has 1 aliphatic heterocycles. The van der Waals surface area contributed by atoms with Gasteiger partial charge in [-0.3, -0.25) is 0 Å². The molecule has 1 rings (SSSR count). The number of ether oxygens (including phenoxy) is 25. The van der Waals surface area contributed by atoms with Crippen molar-refractivity contribution in [2.45, 2.75) is 25.6 Å². The first kappa shape index (κ1) is 76.0. The molecule has 0 aromatic heterocycles. The van der Waals surface area contributed by atoms with Crippen LogP contribution in [0.25, 0.3) is 0 Å². The van der Waals surface area contributed by atoms with Gasteiger partial charge in [0.15, 0.2) is 6.29 Å². The highest BCUT2D eigenvalue weighted by molar-refractivity contribution is 4.54. The Labute approximate surface area is 471 Å². The van der Waals surface area contributed by atoms with Gasteiger partial charge in [0.05, 0.1) is 317 Å². The molecule has 0 aliphatic carbocycles. The monoisotopic (exact) mass is 1160 g/mol. The molecule has 1 saturated heterocycles. The van der Waals surface area contributed by atoms with E-state index < -0.39 is 0 Å². The summed E-state index contributed by atoms with van der Waals surface area (Å²) in [5, 5.41) is 8.61. The van der Waals surface area contributed by atoms with E-state index in [4.69, 9.17) is 124 Å². The summed E-state index contributed by atoms with van der Waals surface area (Å²) in [4.78, 5) is 0. The van der Waals surface area contributed by atoms with E-state index in [1.807, 2.05) is 0 Å². The third kappa shape index (κ3) is 67.6. The molecule has 0 spiro atoms. The molecule has 474 valence electrons. The largest absolute Gasteiger partial charge is 0.394 e. The molecule has 1 fully saturated rings. The number of aliphatic hydroxyl groups excluding tert-OH is 1. The van der Waals surface area contributed by atoms with E-state index in [-0.39, 0.29) is 12.9 Å². The van der Waals surface area contributed by atoms with Gasteiger partial charge in [-0.15, -0.1) is 0 Å². The average Bonchev–Trinajstić information content (AvgIpc) is 3.46. The molecule has 0 aromatic rings. The van der Waals surface area contributed by atoms with Gasteiger partial charge in [0, 0.05) is 6.61 Å². The van der Waals surface area contributed by atoms with Crippen molar-refractivity contribution in [3.8, 4) is 0 Å². The van der Waals surface area contributed by atoms with Crippen LogP contribution in [-0.4, -0.2) is 335 Å². The lowest BCUT2D eigenvalue weighted by Gasteiger charge is -2.22. The Hall–Kier alpha value is -1.04. The topological polar surface area (TPSA) is 251 Å². The molecule has 79 heavy (non-hydrogen) atoms. The van der Waals surface area contributed by atoms with Gasteiger partial charge in [0.2, 0.25) is 0 Å². The molecule has 1 heterocycles. The number of hydrogen-bond donors (Lipinski definition) is 1. The van der Waals surface area contributed by atoms with Gasteiger partial charge in [0.1, 0.15) is 0 Å².